The minimum absolute atomic E-state index is 0.0242. The summed E-state index contributed by atoms with van der Waals surface area (Å²) < 4.78 is 13.3. The molecule has 1 aliphatic heterocycles. The molecule has 5 heteroatoms. The van der Waals surface area contributed by atoms with Gasteiger partial charge in [0, 0.05) is 25.2 Å². The van der Waals surface area contributed by atoms with Gasteiger partial charge in [-0.2, -0.15) is 0 Å². The third kappa shape index (κ3) is 6.31. The number of nitrogens with zero attached hydrogens (tertiary/aromatic N) is 2. The van der Waals surface area contributed by atoms with Gasteiger partial charge in [-0.05, 0) is 77.2 Å². The summed E-state index contributed by atoms with van der Waals surface area (Å²) in [6.45, 7) is 6.94. The lowest BCUT2D eigenvalue weighted by Crippen LogP contribution is -2.44. The largest absolute Gasteiger partial charge is 0.338 e. The maximum absolute atomic E-state index is 13.3. The molecular formula is C20H32FN3O. The number of carbonyl (C=O) groups excluding carboxylic acids is 1. The third-order valence-corrected chi connectivity index (χ3v) is 5.09. The highest BCUT2D eigenvalue weighted by atomic mass is 19.1. The zero-order valence-corrected chi connectivity index (χ0v) is 15.8. The van der Waals surface area contributed by atoms with Crippen molar-refractivity contribution in [3.8, 4) is 0 Å². The highest BCUT2D eigenvalue weighted by molar-refractivity contribution is 5.74. The number of hydrogen-bond acceptors (Lipinski definition) is 2. The first-order valence-electron chi connectivity index (χ1n) is 9.46. The van der Waals surface area contributed by atoms with Crippen molar-refractivity contribution in [2.75, 3.05) is 26.7 Å². The number of carbonyl (C=O) groups is 1. The quantitative estimate of drug-likeness (QED) is 0.727. The first-order chi connectivity index (χ1) is 12.0. The van der Waals surface area contributed by atoms with E-state index in [1.165, 1.54) is 6.07 Å². The lowest BCUT2D eigenvalue weighted by atomic mass is 10.0. The average molecular weight is 349 g/mol. The van der Waals surface area contributed by atoms with Crippen LogP contribution in [0.15, 0.2) is 24.3 Å². The van der Waals surface area contributed by atoms with E-state index in [-0.39, 0.29) is 17.9 Å². The van der Waals surface area contributed by atoms with Crippen molar-refractivity contribution < 1.29 is 9.18 Å². The first kappa shape index (κ1) is 19.7. The standard InChI is InChI=1S/C20H32FN3O/c1-16(2)23(3)12-5-4-11-22-20(25)24-13-7-10-19(24)15-17-8-6-9-18(21)14-17/h6,8-9,14,16,19H,4-5,7,10-13,15H2,1-3H3,(H,22,25). The molecule has 0 aliphatic carbocycles. The van der Waals surface area contributed by atoms with E-state index in [9.17, 15) is 9.18 Å². The van der Waals surface area contributed by atoms with Crippen LogP contribution in [-0.2, 0) is 6.42 Å². The number of benzene rings is 1. The lowest BCUT2D eigenvalue weighted by molar-refractivity contribution is 0.192. The Bertz CT molecular complexity index is 549. The fourth-order valence-corrected chi connectivity index (χ4v) is 3.29. The predicted octanol–water partition coefficient (Wildman–Crippen LogP) is 3.66. The summed E-state index contributed by atoms with van der Waals surface area (Å²) in [7, 11) is 2.13. The molecule has 25 heavy (non-hydrogen) atoms. The van der Waals surface area contributed by atoms with Crippen LogP contribution >= 0.6 is 0 Å². The number of urea groups is 1. The number of rotatable bonds is 8. The second-order valence-corrected chi connectivity index (χ2v) is 7.34. The van der Waals surface area contributed by atoms with E-state index in [1.54, 1.807) is 12.1 Å². The van der Waals surface area contributed by atoms with Gasteiger partial charge in [-0.3, -0.25) is 0 Å². The molecule has 0 aromatic heterocycles. The number of likely N-dealkylation sites (tertiary alicyclic amines) is 1. The van der Waals surface area contributed by atoms with Crippen LogP contribution in [0.2, 0.25) is 0 Å². The van der Waals surface area contributed by atoms with Crippen LogP contribution in [0.5, 0.6) is 0 Å². The molecule has 1 atom stereocenters. The monoisotopic (exact) mass is 349 g/mol. The van der Waals surface area contributed by atoms with Crippen LogP contribution in [0, 0.1) is 5.82 Å². The van der Waals surface area contributed by atoms with Crippen molar-refractivity contribution in [2.45, 2.75) is 58.0 Å². The molecule has 1 unspecified atom stereocenters. The Labute approximate surface area is 151 Å². The SMILES string of the molecule is CC(C)N(C)CCCCNC(=O)N1CCCC1Cc1cccc(F)c1. The fourth-order valence-electron chi connectivity index (χ4n) is 3.29. The molecule has 0 saturated carbocycles. The Kier molecular flexibility index (Phi) is 7.69. The van der Waals surface area contributed by atoms with E-state index in [1.807, 2.05) is 11.0 Å². The Balaban J connectivity index is 1.73. The molecule has 1 N–H and O–H groups in total. The van der Waals surface area contributed by atoms with Crippen LogP contribution < -0.4 is 5.32 Å². The molecule has 0 spiro atoms. The van der Waals surface area contributed by atoms with Gasteiger partial charge in [0.15, 0.2) is 0 Å². The van der Waals surface area contributed by atoms with Crippen molar-refractivity contribution in [3.05, 3.63) is 35.6 Å². The smallest absolute Gasteiger partial charge is 0.317 e. The van der Waals surface area contributed by atoms with Crippen LogP contribution in [0.4, 0.5) is 9.18 Å². The van der Waals surface area contributed by atoms with E-state index in [0.29, 0.717) is 12.6 Å². The summed E-state index contributed by atoms with van der Waals surface area (Å²) >= 11 is 0. The first-order valence-corrected chi connectivity index (χ1v) is 9.46. The molecule has 0 radical (unpaired) electrons. The Morgan fingerprint density at radius 2 is 2.20 bits per heavy atom. The zero-order chi connectivity index (χ0) is 18.2. The predicted molar refractivity (Wildman–Crippen MR) is 100 cm³/mol. The van der Waals surface area contributed by atoms with E-state index >= 15 is 0 Å². The molecule has 1 aromatic rings. The van der Waals surface area contributed by atoms with E-state index in [2.05, 4.69) is 31.1 Å². The Morgan fingerprint density at radius 3 is 2.92 bits per heavy atom. The van der Waals surface area contributed by atoms with Crippen molar-refractivity contribution in [1.82, 2.24) is 15.1 Å². The van der Waals surface area contributed by atoms with Gasteiger partial charge in [0.2, 0.25) is 0 Å². The highest BCUT2D eigenvalue weighted by Gasteiger charge is 2.28. The van der Waals surface area contributed by atoms with Gasteiger partial charge >= 0.3 is 6.03 Å². The molecule has 1 aliphatic rings. The molecule has 140 valence electrons. The van der Waals surface area contributed by atoms with Crippen molar-refractivity contribution in [2.24, 2.45) is 0 Å². The molecule has 1 aromatic carbocycles. The summed E-state index contributed by atoms with van der Waals surface area (Å²) in [6, 6.07) is 7.45. The number of amides is 2. The molecule has 2 amide bonds. The summed E-state index contributed by atoms with van der Waals surface area (Å²) in [6.07, 6.45) is 4.81. The zero-order valence-electron chi connectivity index (χ0n) is 15.8. The van der Waals surface area contributed by atoms with Crippen LogP contribution in [0.1, 0.15) is 45.1 Å². The van der Waals surface area contributed by atoms with Gasteiger partial charge in [0.05, 0.1) is 0 Å². The number of hydrogen-bond donors (Lipinski definition) is 1. The number of unbranched alkanes of at least 4 members (excludes halogenated alkanes) is 1. The second kappa shape index (κ2) is 9.76. The van der Waals surface area contributed by atoms with E-state index in [4.69, 9.17) is 0 Å². The minimum atomic E-state index is -0.210. The summed E-state index contributed by atoms with van der Waals surface area (Å²) in [4.78, 5) is 16.7. The van der Waals surface area contributed by atoms with Crippen molar-refractivity contribution in [1.29, 1.82) is 0 Å². The number of nitrogens with one attached hydrogen (secondary N) is 1. The van der Waals surface area contributed by atoms with Crippen LogP contribution in [0.25, 0.3) is 0 Å². The lowest BCUT2D eigenvalue weighted by Gasteiger charge is -2.25. The molecule has 4 nitrogen and oxygen atoms in total. The molecule has 1 heterocycles. The maximum atomic E-state index is 13.3. The fraction of sp³-hybridized carbons (Fsp3) is 0.650. The molecule has 1 fully saturated rings. The summed E-state index contributed by atoms with van der Waals surface area (Å²) in [5.41, 5.74) is 0.960. The summed E-state index contributed by atoms with van der Waals surface area (Å²) in [5.74, 6) is -0.210. The minimum Gasteiger partial charge on any atom is -0.338 e. The van der Waals surface area contributed by atoms with Gasteiger partial charge in [-0.15, -0.1) is 0 Å². The van der Waals surface area contributed by atoms with Crippen molar-refractivity contribution in [3.63, 3.8) is 0 Å². The molecule has 2 rings (SSSR count). The van der Waals surface area contributed by atoms with E-state index in [0.717, 1.165) is 50.8 Å². The van der Waals surface area contributed by atoms with E-state index < -0.39 is 0 Å². The molecular weight excluding hydrogens is 317 g/mol. The van der Waals surface area contributed by atoms with Gasteiger partial charge in [0.25, 0.3) is 0 Å². The second-order valence-electron chi connectivity index (χ2n) is 7.34. The Hall–Kier alpha value is -1.62. The Morgan fingerprint density at radius 1 is 1.40 bits per heavy atom. The van der Waals surface area contributed by atoms with Gasteiger partial charge < -0.3 is 15.1 Å². The normalized spacial score (nSPS) is 17.5. The van der Waals surface area contributed by atoms with Gasteiger partial charge in [-0.1, -0.05) is 12.1 Å². The molecule has 0 bridgehead atoms. The summed E-state index contributed by atoms with van der Waals surface area (Å²) in [5, 5.41) is 3.05. The average Bonchev–Trinajstić information content (AvgIpc) is 3.02. The third-order valence-electron chi connectivity index (χ3n) is 5.09. The topological polar surface area (TPSA) is 35.6 Å². The van der Waals surface area contributed by atoms with Gasteiger partial charge in [0.1, 0.15) is 5.82 Å². The van der Waals surface area contributed by atoms with Crippen LogP contribution in [0.3, 0.4) is 0 Å². The van der Waals surface area contributed by atoms with Crippen molar-refractivity contribution >= 4 is 6.03 Å². The number of halogens is 1. The maximum Gasteiger partial charge on any atom is 0.317 e. The molecule has 1 saturated heterocycles. The van der Waals surface area contributed by atoms with Gasteiger partial charge in [-0.25, -0.2) is 9.18 Å². The highest BCUT2D eigenvalue weighted by Crippen LogP contribution is 2.21. The van der Waals surface area contributed by atoms with Crippen LogP contribution in [-0.4, -0.2) is 54.6 Å².